The first-order valence-corrected chi connectivity index (χ1v) is 6.94. The van der Waals surface area contributed by atoms with E-state index < -0.39 is 0 Å². The molecule has 0 bridgehead atoms. The van der Waals surface area contributed by atoms with Crippen molar-refractivity contribution in [3.8, 4) is 0 Å². The molecule has 108 valence electrons. The summed E-state index contributed by atoms with van der Waals surface area (Å²) in [5.74, 6) is -0.135. The number of carbonyl (C=O) groups excluding carboxylic acids is 1. The Kier molecular flexibility index (Phi) is 3.58. The summed E-state index contributed by atoms with van der Waals surface area (Å²) < 4.78 is 1.45. The Bertz CT molecular complexity index is 736. The fourth-order valence-electron chi connectivity index (χ4n) is 2.51. The number of para-hydroxylation sites is 1. The number of nitrogens with zero attached hydrogens (tertiary/aromatic N) is 2. The lowest BCUT2D eigenvalue weighted by molar-refractivity contribution is 0.0987. The highest BCUT2D eigenvalue weighted by Gasteiger charge is 2.22. The fourth-order valence-corrected chi connectivity index (χ4v) is 2.51. The van der Waals surface area contributed by atoms with Crippen molar-refractivity contribution < 1.29 is 4.79 Å². The largest absolute Gasteiger partial charge is 0.319 e. The average Bonchev–Trinajstić information content (AvgIpc) is 2.71. The first-order valence-electron chi connectivity index (χ1n) is 6.94. The number of nitrogens with one attached hydrogen (secondary N) is 1. The first-order chi connectivity index (χ1) is 10.2. The Hall–Kier alpha value is -2.40. The maximum atomic E-state index is 12.7. The molecule has 1 aliphatic rings. The zero-order chi connectivity index (χ0) is 14.8. The molecule has 0 unspecified atom stereocenters. The summed E-state index contributed by atoms with van der Waals surface area (Å²) in [6.07, 6.45) is 1.62. The lowest BCUT2D eigenvalue weighted by Gasteiger charge is -2.22. The summed E-state index contributed by atoms with van der Waals surface area (Å²) >= 11 is 0. The monoisotopic (exact) mass is 283 g/mol. The molecule has 5 nitrogen and oxygen atoms in total. The summed E-state index contributed by atoms with van der Waals surface area (Å²) in [5.41, 5.74) is 2.25. The number of rotatable bonds is 1. The summed E-state index contributed by atoms with van der Waals surface area (Å²) in [5, 5.41) is 3.30. The van der Waals surface area contributed by atoms with Gasteiger partial charge in [-0.3, -0.25) is 9.59 Å². The molecule has 2 heterocycles. The predicted molar refractivity (Wildman–Crippen MR) is 81.5 cm³/mol. The lowest BCUT2D eigenvalue weighted by Crippen LogP contribution is -2.35. The van der Waals surface area contributed by atoms with Gasteiger partial charge in [0.2, 0.25) is 0 Å². The van der Waals surface area contributed by atoms with Crippen molar-refractivity contribution in [2.75, 3.05) is 18.0 Å². The van der Waals surface area contributed by atoms with Gasteiger partial charge in [-0.2, -0.15) is 0 Å². The second-order valence-corrected chi connectivity index (χ2v) is 5.13. The zero-order valence-corrected chi connectivity index (χ0v) is 11.9. The van der Waals surface area contributed by atoms with E-state index in [1.807, 2.05) is 24.3 Å². The number of aromatic nitrogens is 1. The number of amides is 1. The molecular weight excluding hydrogens is 266 g/mol. The van der Waals surface area contributed by atoms with Crippen molar-refractivity contribution in [1.29, 1.82) is 0 Å². The van der Waals surface area contributed by atoms with Crippen LogP contribution in [0.15, 0.2) is 47.4 Å². The van der Waals surface area contributed by atoms with Crippen LogP contribution in [0.1, 0.15) is 15.9 Å². The fraction of sp³-hybridized carbons (Fsp3) is 0.250. The molecule has 0 saturated carbocycles. The minimum absolute atomic E-state index is 0.135. The molecule has 1 aliphatic heterocycles. The average molecular weight is 283 g/mol. The number of carbonyl (C=O) groups is 1. The number of pyridine rings is 1. The SMILES string of the molecule is Cn1ccc(C(=O)N2CCNCc3ccccc32)cc1=O. The van der Waals surface area contributed by atoms with Crippen LogP contribution in [0.3, 0.4) is 0 Å². The van der Waals surface area contributed by atoms with Gasteiger partial charge in [0.25, 0.3) is 11.5 Å². The van der Waals surface area contributed by atoms with Crippen molar-refractivity contribution in [1.82, 2.24) is 9.88 Å². The standard InChI is InChI=1S/C16H17N3O2/c1-18-8-6-12(10-15(18)20)16(21)19-9-7-17-11-13-4-2-3-5-14(13)19/h2-6,8,10,17H,7,9,11H2,1H3. The van der Waals surface area contributed by atoms with Gasteiger partial charge in [0.1, 0.15) is 0 Å². The van der Waals surface area contributed by atoms with E-state index in [0.717, 1.165) is 24.3 Å². The molecule has 0 spiro atoms. The molecule has 21 heavy (non-hydrogen) atoms. The van der Waals surface area contributed by atoms with Crippen LogP contribution in [0, 0.1) is 0 Å². The third kappa shape index (κ3) is 2.60. The molecule has 1 aromatic carbocycles. The molecule has 1 amide bonds. The summed E-state index contributed by atoms with van der Waals surface area (Å²) in [4.78, 5) is 26.2. The first kappa shape index (κ1) is 13.6. The Labute approximate surface area is 122 Å². The maximum absolute atomic E-state index is 12.7. The molecule has 5 heteroatoms. The van der Waals surface area contributed by atoms with Gasteiger partial charge in [-0.05, 0) is 17.7 Å². The molecule has 1 N–H and O–H groups in total. The van der Waals surface area contributed by atoms with Gasteiger partial charge >= 0.3 is 0 Å². The quantitative estimate of drug-likeness (QED) is 0.854. The van der Waals surface area contributed by atoms with E-state index in [0.29, 0.717) is 12.1 Å². The van der Waals surface area contributed by atoms with E-state index in [2.05, 4.69) is 5.32 Å². The highest BCUT2D eigenvalue weighted by atomic mass is 16.2. The van der Waals surface area contributed by atoms with Crippen LogP contribution >= 0.6 is 0 Å². The van der Waals surface area contributed by atoms with Crippen LogP contribution in [-0.4, -0.2) is 23.6 Å². The van der Waals surface area contributed by atoms with Crippen LogP contribution < -0.4 is 15.8 Å². The second-order valence-electron chi connectivity index (χ2n) is 5.13. The third-order valence-corrected chi connectivity index (χ3v) is 3.71. The zero-order valence-electron chi connectivity index (χ0n) is 11.9. The van der Waals surface area contributed by atoms with E-state index >= 15 is 0 Å². The van der Waals surface area contributed by atoms with Crippen molar-refractivity contribution in [3.63, 3.8) is 0 Å². The van der Waals surface area contributed by atoms with Gasteiger partial charge in [-0.25, -0.2) is 0 Å². The number of aryl methyl sites for hydroxylation is 1. The number of benzene rings is 1. The minimum atomic E-state index is -0.179. The Balaban J connectivity index is 2.01. The molecule has 1 aromatic heterocycles. The molecule has 0 atom stereocenters. The van der Waals surface area contributed by atoms with Crippen molar-refractivity contribution in [2.45, 2.75) is 6.54 Å². The van der Waals surface area contributed by atoms with Crippen molar-refractivity contribution >= 4 is 11.6 Å². The molecular formula is C16H17N3O2. The van der Waals surface area contributed by atoms with Crippen LogP contribution in [0.25, 0.3) is 0 Å². The van der Waals surface area contributed by atoms with Gasteiger partial charge in [-0.1, -0.05) is 18.2 Å². The maximum Gasteiger partial charge on any atom is 0.258 e. The molecule has 2 aromatic rings. The summed E-state index contributed by atoms with van der Waals surface area (Å²) in [6, 6.07) is 10.9. The number of hydrogen-bond donors (Lipinski definition) is 1. The van der Waals surface area contributed by atoms with Gasteiger partial charge in [0, 0.05) is 50.2 Å². The van der Waals surface area contributed by atoms with Crippen LogP contribution in [0.4, 0.5) is 5.69 Å². The van der Waals surface area contributed by atoms with Gasteiger partial charge in [0.05, 0.1) is 0 Å². The van der Waals surface area contributed by atoms with E-state index in [1.54, 1.807) is 24.2 Å². The van der Waals surface area contributed by atoms with Crippen LogP contribution in [-0.2, 0) is 13.6 Å². The van der Waals surface area contributed by atoms with E-state index in [9.17, 15) is 9.59 Å². The number of hydrogen-bond acceptors (Lipinski definition) is 3. The van der Waals surface area contributed by atoms with E-state index in [4.69, 9.17) is 0 Å². The topological polar surface area (TPSA) is 54.3 Å². The molecule has 0 aliphatic carbocycles. The highest BCUT2D eigenvalue weighted by molar-refractivity contribution is 6.06. The second kappa shape index (κ2) is 5.54. The summed E-state index contributed by atoms with van der Waals surface area (Å²) in [7, 11) is 1.67. The lowest BCUT2D eigenvalue weighted by atomic mass is 10.1. The smallest absolute Gasteiger partial charge is 0.258 e. The molecule has 3 rings (SSSR count). The minimum Gasteiger partial charge on any atom is -0.319 e. The number of fused-ring (bicyclic) bond motifs is 1. The molecule has 0 saturated heterocycles. The van der Waals surface area contributed by atoms with Crippen molar-refractivity contribution in [3.05, 3.63) is 64.1 Å². The predicted octanol–water partition coefficient (Wildman–Crippen LogP) is 1.14. The summed E-state index contributed by atoms with van der Waals surface area (Å²) in [6.45, 7) is 2.06. The Morgan fingerprint density at radius 3 is 2.86 bits per heavy atom. The Morgan fingerprint density at radius 2 is 2.05 bits per heavy atom. The van der Waals surface area contributed by atoms with Crippen LogP contribution in [0.2, 0.25) is 0 Å². The van der Waals surface area contributed by atoms with Crippen molar-refractivity contribution in [2.24, 2.45) is 7.05 Å². The third-order valence-electron chi connectivity index (χ3n) is 3.71. The van der Waals surface area contributed by atoms with Gasteiger partial charge in [0.15, 0.2) is 0 Å². The van der Waals surface area contributed by atoms with Crippen LogP contribution in [0.5, 0.6) is 0 Å². The molecule has 0 fully saturated rings. The highest BCUT2D eigenvalue weighted by Crippen LogP contribution is 2.23. The molecule has 0 radical (unpaired) electrons. The van der Waals surface area contributed by atoms with E-state index in [-0.39, 0.29) is 11.5 Å². The Morgan fingerprint density at radius 1 is 1.24 bits per heavy atom. The van der Waals surface area contributed by atoms with Gasteiger partial charge in [-0.15, -0.1) is 0 Å². The van der Waals surface area contributed by atoms with E-state index in [1.165, 1.54) is 10.6 Å². The number of anilines is 1. The normalized spacial score (nSPS) is 14.4. The van der Waals surface area contributed by atoms with Gasteiger partial charge < -0.3 is 14.8 Å².